The third kappa shape index (κ3) is 2.36. The molecule has 0 atom stereocenters. The zero-order chi connectivity index (χ0) is 13.1. The lowest BCUT2D eigenvalue weighted by Gasteiger charge is -2.19. The van der Waals surface area contributed by atoms with Gasteiger partial charge in [0.1, 0.15) is 5.75 Å². The zero-order valence-corrected chi connectivity index (χ0v) is 11.2. The van der Waals surface area contributed by atoms with Crippen LogP contribution in [0.5, 0.6) is 5.75 Å². The first-order valence-electron chi connectivity index (χ1n) is 5.90. The molecule has 0 amide bonds. The summed E-state index contributed by atoms with van der Waals surface area (Å²) in [6.07, 6.45) is 3.20. The van der Waals surface area contributed by atoms with Crippen LogP contribution in [0.3, 0.4) is 0 Å². The molecule has 0 heterocycles. The van der Waals surface area contributed by atoms with E-state index in [0.717, 1.165) is 23.3 Å². The average molecular weight is 267 g/mol. The van der Waals surface area contributed by atoms with Crippen LogP contribution >= 0.6 is 11.6 Å². The minimum atomic E-state index is -0.259. The zero-order valence-electron chi connectivity index (χ0n) is 10.5. The van der Waals surface area contributed by atoms with Gasteiger partial charge in [0.05, 0.1) is 13.7 Å². The van der Waals surface area contributed by atoms with Crippen LogP contribution < -0.4 is 4.74 Å². The van der Waals surface area contributed by atoms with Crippen molar-refractivity contribution in [3.63, 3.8) is 0 Å². The Morgan fingerprint density at radius 1 is 1.39 bits per heavy atom. The largest absolute Gasteiger partial charge is 0.496 e. The number of halogens is 1. The molecule has 1 aliphatic carbocycles. The van der Waals surface area contributed by atoms with Crippen LogP contribution in [-0.2, 0) is 16.0 Å². The maximum atomic E-state index is 11.7. The molecule has 0 aromatic heterocycles. The summed E-state index contributed by atoms with van der Waals surface area (Å²) < 4.78 is 10.3. The molecule has 18 heavy (non-hydrogen) atoms. The Balaban J connectivity index is 2.43. The first-order valence-corrected chi connectivity index (χ1v) is 6.28. The van der Waals surface area contributed by atoms with E-state index in [1.165, 1.54) is 0 Å². The first kappa shape index (κ1) is 13.0. The van der Waals surface area contributed by atoms with Crippen molar-refractivity contribution < 1.29 is 14.3 Å². The predicted molar refractivity (Wildman–Crippen MR) is 70.9 cm³/mol. The molecule has 0 radical (unpaired) electrons. The summed E-state index contributed by atoms with van der Waals surface area (Å²) in [6, 6.07) is 3.63. The maximum absolute atomic E-state index is 11.7. The van der Waals surface area contributed by atoms with Crippen molar-refractivity contribution in [2.45, 2.75) is 19.8 Å². The number of hydrogen-bond acceptors (Lipinski definition) is 3. The van der Waals surface area contributed by atoms with Crippen molar-refractivity contribution in [1.29, 1.82) is 0 Å². The van der Waals surface area contributed by atoms with E-state index in [9.17, 15) is 4.79 Å². The number of ether oxygens (including phenoxy) is 2. The van der Waals surface area contributed by atoms with E-state index in [2.05, 4.69) is 0 Å². The summed E-state index contributed by atoms with van der Waals surface area (Å²) in [4.78, 5) is 11.7. The number of carbonyl (C=O) groups excluding carboxylic acids is 1. The minimum Gasteiger partial charge on any atom is -0.496 e. The van der Waals surface area contributed by atoms with Crippen LogP contribution in [-0.4, -0.2) is 19.7 Å². The Morgan fingerprint density at radius 2 is 2.17 bits per heavy atom. The molecule has 1 aromatic carbocycles. The lowest BCUT2D eigenvalue weighted by Crippen LogP contribution is -2.12. The molecule has 0 saturated carbocycles. The van der Waals surface area contributed by atoms with E-state index in [1.807, 2.05) is 18.2 Å². The van der Waals surface area contributed by atoms with Gasteiger partial charge in [0.2, 0.25) is 0 Å². The van der Waals surface area contributed by atoms with E-state index in [0.29, 0.717) is 23.6 Å². The van der Waals surface area contributed by atoms with E-state index in [1.54, 1.807) is 14.0 Å². The summed E-state index contributed by atoms with van der Waals surface area (Å²) >= 11 is 6.16. The van der Waals surface area contributed by atoms with Crippen molar-refractivity contribution in [3.05, 3.63) is 33.9 Å². The second-order valence-electron chi connectivity index (χ2n) is 4.03. The van der Waals surface area contributed by atoms with Gasteiger partial charge in [-0.2, -0.15) is 0 Å². The van der Waals surface area contributed by atoms with Gasteiger partial charge in [0.15, 0.2) is 0 Å². The summed E-state index contributed by atoms with van der Waals surface area (Å²) in [7, 11) is 1.61. The SMILES string of the molecule is CCOC(=O)C1=Cc2c(OC)ccc(Cl)c2CC1. The number of fused-ring (bicyclic) bond motifs is 1. The Bertz CT molecular complexity index is 506. The van der Waals surface area contributed by atoms with Gasteiger partial charge in [-0.3, -0.25) is 0 Å². The molecule has 1 aliphatic rings. The summed E-state index contributed by atoms with van der Waals surface area (Å²) in [5.41, 5.74) is 2.59. The number of hydrogen-bond donors (Lipinski definition) is 0. The highest BCUT2D eigenvalue weighted by Gasteiger charge is 2.21. The van der Waals surface area contributed by atoms with Gasteiger partial charge in [-0.1, -0.05) is 11.6 Å². The van der Waals surface area contributed by atoms with Crippen molar-refractivity contribution in [2.24, 2.45) is 0 Å². The monoisotopic (exact) mass is 266 g/mol. The molecule has 0 spiro atoms. The minimum absolute atomic E-state index is 0.259. The highest BCUT2D eigenvalue weighted by molar-refractivity contribution is 6.31. The van der Waals surface area contributed by atoms with Crippen molar-refractivity contribution in [1.82, 2.24) is 0 Å². The topological polar surface area (TPSA) is 35.5 Å². The Morgan fingerprint density at radius 3 is 2.83 bits per heavy atom. The normalized spacial score (nSPS) is 13.6. The molecule has 0 unspecified atom stereocenters. The second-order valence-corrected chi connectivity index (χ2v) is 4.44. The smallest absolute Gasteiger partial charge is 0.334 e. The fourth-order valence-corrected chi connectivity index (χ4v) is 2.36. The van der Waals surface area contributed by atoms with Gasteiger partial charge < -0.3 is 9.47 Å². The number of esters is 1. The van der Waals surface area contributed by atoms with Crippen LogP contribution in [0.4, 0.5) is 0 Å². The molecule has 0 saturated heterocycles. The third-order valence-corrected chi connectivity index (χ3v) is 3.33. The standard InChI is InChI=1S/C14H15ClO3/c1-3-18-14(16)9-4-5-10-11(8-9)13(17-2)7-6-12(10)15/h6-8H,3-5H2,1-2H3. The van der Waals surface area contributed by atoms with Crippen molar-refractivity contribution in [2.75, 3.05) is 13.7 Å². The third-order valence-electron chi connectivity index (χ3n) is 2.98. The molecule has 96 valence electrons. The molecular formula is C14H15ClO3. The molecule has 3 nitrogen and oxygen atoms in total. The van der Waals surface area contributed by atoms with Gasteiger partial charge in [-0.15, -0.1) is 0 Å². The highest BCUT2D eigenvalue weighted by atomic mass is 35.5. The van der Waals surface area contributed by atoms with E-state index in [4.69, 9.17) is 21.1 Å². The van der Waals surface area contributed by atoms with Crippen molar-refractivity contribution >= 4 is 23.6 Å². The molecule has 0 fully saturated rings. The van der Waals surface area contributed by atoms with Gasteiger partial charge >= 0.3 is 5.97 Å². The Kier molecular flexibility index (Phi) is 3.92. The van der Waals surface area contributed by atoms with E-state index < -0.39 is 0 Å². The van der Waals surface area contributed by atoms with Crippen LogP contribution in [0.1, 0.15) is 24.5 Å². The Hall–Kier alpha value is -1.48. The summed E-state index contributed by atoms with van der Waals surface area (Å²) in [5.74, 6) is 0.473. The van der Waals surface area contributed by atoms with Crippen molar-refractivity contribution in [3.8, 4) is 5.75 Å². The van der Waals surface area contributed by atoms with Crippen LogP contribution in [0, 0.1) is 0 Å². The van der Waals surface area contributed by atoms with Gasteiger partial charge in [-0.25, -0.2) is 4.79 Å². The van der Waals surface area contributed by atoms with Gasteiger partial charge in [0.25, 0.3) is 0 Å². The molecule has 0 bridgehead atoms. The van der Waals surface area contributed by atoms with Gasteiger partial charge in [-0.05, 0) is 43.5 Å². The fraction of sp³-hybridized carbons (Fsp3) is 0.357. The predicted octanol–water partition coefficient (Wildman–Crippen LogP) is 3.24. The summed E-state index contributed by atoms with van der Waals surface area (Å²) in [6.45, 7) is 2.18. The van der Waals surface area contributed by atoms with Gasteiger partial charge in [0, 0.05) is 16.2 Å². The number of rotatable bonds is 3. The number of methoxy groups -OCH3 is 1. The van der Waals surface area contributed by atoms with E-state index in [-0.39, 0.29) is 5.97 Å². The number of benzene rings is 1. The average Bonchev–Trinajstić information content (AvgIpc) is 2.39. The molecule has 0 N–H and O–H groups in total. The maximum Gasteiger partial charge on any atom is 0.334 e. The lowest BCUT2D eigenvalue weighted by molar-refractivity contribution is -0.138. The summed E-state index contributed by atoms with van der Waals surface area (Å²) in [5, 5.41) is 0.713. The van der Waals surface area contributed by atoms with Crippen LogP contribution in [0.2, 0.25) is 5.02 Å². The lowest BCUT2D eigenvalue weighted by atomic mass is 9.91. The molecule has 2 rings (SSSR count). The first-order chi connectivity index (χ1) is 8.67. The molecule has 1 aromatic rings. The fourth-order valence-electron chi connectivity index (χ4n) is 2.10. The quantitative estimate of drug-likeness (QED) is 0.788. The molecule has 4 heteroatoms. The second kappa shape index (κ2) is 5.44. The van der Waals surface area contributed by atoms with E-state index >= 15 is 0 Å². The van der Waals surface area contributed by atoms with Crippen LogP contribution in [0.15, 0.2) is 17.7 Å². The molecular weight excluding hydrogens is 252 g/mol. The molecule has 0 aliphatic heterocycles. The highest BCUT2D eigenvalue weighted by Crippen LogP contribution is 2.35. The van der Waals surface area contributed by atoms with Crippen LogP contribution in [0.25, 0.3) is 6.08 Å². The number of carbonyl (C=O) groups is 1. The Labute approximate surface area is 111 Å².